The van der Waals surface area contributed by atoms with E-state index in [0.717, 1.165) is 0 Å². The largest absolute Gasteiger partial charge is 0.393 e. The fourth-order valence-corrected chi connectivity index (χ4v) is 7.26. The molecule has 19 atom stereocenters. The van der Waals surface area contributed by atoms with Gasteiger partial charge in [-0.3, -0.25) is 0 Å². The average molecular weight is 625 g/mol. The summed E-state index contributed by atoms with van der Waals surface area (Å²) in [7, 11) is 1.58. The summed E-state index contributed by atoms with van der Waals surface area (Å²) in [4.78, 5) is 0. The normalized spacial score (nSPS) is 54.6. The lowest BCUT2D eigenvalue weighted by molar-refractivity contribution is -0.345. The molecule has 3 saturated heterocycles. The molecule has 9 unspecified atom stereocenters. The van der Waals surface area contributed by atoms with Gasteiger partial charge in [-0.2, -0.15) is 0 Å². The molecule has 0 aromatic heterocycles. The first-order valence-corrected chi connectivity index (χ1v) is 15.3. The smallest absolute Gasteiger partial charge is 0.187 e. The molecule has 5 fully saturated rings. The van der Waals surface area contributed by atoms with Crippen molar-refractivity contribution in [3.05, 3.63) is 0 Å². The molecule has 0 radical (unpaired) electrons. The van der Waals surface area contributed by atoms with Gasteiger partial charge in [0.15, 0.2) is 12.6 Å². The zero-order valence-corrected chi connectivity index (χ0v) is 24.4. The maximum absolute atomic E-state index is 10.9. The predicted molar refractivity (Wildman–Crippen MR) is 142 cm³/mol. The molecule has 2 saturated carbocycles. The first-order chi connectivity index (χ1) is 20.4. The second kappa shape index (κ2) is 14.0. The monoisotopic (exact) mass is 624 g/mol. The van der Waals surface area contributed by atoms with E-state index in [9.17, 15) is 46.0 Å². The highest BCUT2D eigenvalue weighted by Crippen LogP contribution is 2.43. The van der Waals surface area contributed by atoms with Crippen molar-refractivity contribution < 1.29 is 74.4 Å². The van der Waals surface area contributed by atoms with Crippen LogP contribution in [0.15, 0.2) is 0 Å². The summed E-state index contributed by atoms with van der Waals surface area (Å²) in [5, 5.41) is 93.8. The summed E-state index contributed by atoms with van der Waals surface area (Å²) in [6.07, 6.45) is -16.3. The number of hydrogen-bond acceptors (Lipinski definition) is 15. The van der Waals surface area contributed by atoms with Gasteiger partial charge < -0.3 is 74.4 Å². The maximum atomic E-state index is 10.9. The van der Waals surface area contributed by atoms with E-state index in [0.29, 0.717) is 32.1 Å². The van der Waals surface area contributed by atoms with Crippen LogP contribution >= 0.6 is 0 Å². The van der Waals surface area contributed by atoms with Crippen LogP contribution in [0.4, 0.5) is 0 Å². The van der Waals surface area contributed by atoms with Gasteiger partial charge in [-0.15, -0.1) is 0 Å². The number of ether oxygens (including phenoxy) is 6. The number of fused-ring (bicyclic) bond motifs is 1. The van der Waals surface area contributed by atoms with Gasteiger partial charge in [0.1, 0.15) is 42.7 Å². The Kier molecular flexibility index (Phi) is 11.0. The molecule has 0 bridgehead atoms. The van der Waals surface area contributed by atoms with E-state index in [-0.39, 0.29) is 30.5 Å². The first kappa shape index (κ1) is 33.8. The topological polar surface area (TPSA) is 237 Å². The summed E-state index contributed by atoms with van der Waals surface area (Å²) in [6.45, 7) is 1.06. The van der Waals surface area contributed by atoms with Crippen LogP contribution in [0.5, 0.6) is 0 Å². The molecule has 0 aromatic carbocycles. The van der Waals surface area contributed by atoms with Crippen molar-refractivity contribution in [3.63, 3.8) is 0 Å². The molecule has 0 amide bonds. The van der Waals surface area contributed by atoms with Crippen LogP contribution in [0.25, 0.3) is 0 Å². The standard InChI is InChI=1S/C28H48O15/c1-10-20(32)22(34)24(36)27(40-10)39-9-19-21(33)23(35)25(37)28(43-19)42-18-8-13-15(30)6-12(38-2)7-17(13)41-26(18)11-3-4-14(29)16(31)5-11/h10-37H,3-9H2,1-2H3/t10-,11?,12?,13?,14?,15?,16?,17?,18?,19+,20-,21-,22+,23-,24+,25+,26?,27+,28+/m0/s1. The quantitative estimate of drug-likeness (QED) is 0.134. The second-order valence-electron chi connectivity index (χ2n) is 12.8. The van der Waals surface area contributed by atoms with Gasteiger partial charge in [0, 0.05) is 19.4 Å². The lowest BCUT2D eigenvalue weighted by Crippen LogP contribution is -2.63. The van der Waals surface area contributed by atoms with Crippen LogP contribution in [-0.4, -0.2) is 164 Å². The minimum Gasteiger partial charge on any atom is -0.393 e. The molecule has 0 aromatic rings. The molecule has 5 aliphatic rings. The minimum atomic E-state index is -1.69. The number of aliphatic hydroxyl groups is 9. The van der Waals surface area contributed by atoms with Crippen molar-refractivity contribution in [2.45, 2.75) is 150 Å². The summed E-state index contributed by atoms with van der Waals surface area (Å²) in [6, 6.07) is 0. The molecule has 3 heterocycles. The van der Waals surface area contributed by atoms with Crippen LogP contribution in [0.1, 0.15) is 45.4 Å². The molecule has 43 heavy (non-hydrogen) atoms. The lowest BCUT2D eigenvalue weighted by Gasteiger charge is -2.51. The Morgan fingerprint density at radius 3 is 2.05 bits per heavy atom. The van der Waals surface area contributed by atoms with E-state index in [2.05, 4.69) is 0 Å². The second-order valence-corrected chi connectivity index (χ2v) is 12.8. The molecular formula is C28H48O15. The Morgan fingerprint density at radius 2 is 1.35 bits per heavy atom. The molecular weight excluding hydrogens is 576 g/mol. The van der Waals surface area contributed by atoms with Gasteiger partial charge in [0.05, 0.1) is 55.4 Å². The molecule has 250 valence electrons. The molecule has 0 spiro atoms. The Balaban J connectivity index is 1.29. The number of hydrogen-bond donors (Lipinski definition) is 9. The zero-order chi connectivity index (χ0) is 31.2. The van der Waals surface area contributed by atoms with Gasteiger partial charge in [0.25, 0.3) is 0 Å². The molecule has 5 rings (SSSR count). The van der Waals surface area contributed by atoms with Crippen molar-refractivity contribution >= 4 is 0 Å². The van der Waals surface area contributed by atoms with Gasteiger partial charge in [0.2, 0.25) is 0 Å². The maximum Gasteiger partial charge on any atom is 0.187 e. The average Bonchev–Trinajstić information content (AvgIpc) is 2.99. The number of aliphatic hydroxyl groups excluding tert-OH is 9. The Hall–Kier alpha value is -0.600. The van der Waals surface area contributed by atoms with Crippen molar-refractivity contribution in [1.29, 1.82) is 0 Å². The third kappa shape index (κ3) is 7.06. The number of methoxy groups -OCH3 is 1. The van der Waals surface area contributed by atoms with Crippen LogP contribution in [0.3, 0.4) is 0 Å². The Morgan fingerprint density at radius 1 is 0.651 bits per heavy atom. The van der Waals surface area contributed by atoms with Crippen molar-refractivity contribution in [1.82, 2.24) is 0 Å². The summed E-state index contributed by atoms with van der Waals surface area (Å²) in [5.74, 6) is -0.524. The Labute approximate surface area is 249 Å². The summed E-state index contributed by atoms with van der Waals surface area (Å²) >= 11 is 0. The molecule has 3 aliphatic heterocycles. The molecule has 9 N–H and O–H groups in total. The molecule has 15 nitrogen and oxygen atoms in total. The van der Waals surface area contributed by atoms with E-state index >= 15 is 0 Å². The molecule has 2 aliphatic carbocycles. The van der Waals surface area contributed by atoms with E-state index in [1.165, 1.54) is 6.92 Å². The highest BCUT2D eigenvalue weighted by atomic mass is 16.7. The minimum absolute atomic E-state index is 0.187. The van der Waals surface area contributed by atoms with Crippen molar-refractivity contribution in [3.8, 4) is 0 Å². The van der Waals surface area contributed by atoms with Crippen LogP contribution in [0.2, 0.25) is 0 Å². The lowest BCUT2D eigenvalue weighted by atomic mass is 9.72. The fourth-order valence-electron chi connectivity index (χ4n) is 7.26. The highest BCUT2D eigenvalue weighted by Gasteiger charge is 2.52. The van der Waals surface area contributed by atoms with Gasteiger partial charge in [-0.05, 0) is 44.9 Å². The van der Waals surface area contributed by atoms with Gasteiger partial charge in [-0.25, -0.2) is 0 Å². The van der Waals surface area contributed by atoms with E-state index in [1.54, 1.807) is 7.11 Å². The number of rotatable bonds is 7. The first-order valence-electron chi connectivity index (χ1n) is 15.3. The van der Waals surface area contributed by atoms with Crippen LogP contribution in [0, 0.1) is 11.8 Å². The highest BCUT2D eigenvalue weighted by molar-refractivity contribution is 4.99. The summed E-state index contributed by atoms with van der Waals surface area (Å²) in [5.41, 5.74) is 0. The van der Waals surface area contributed by atoms with E-state index in [1.807, 2.05) is 0 Å². The predicted octanol–water partition coefficient (Wildman–Crippen LogP) is -3.51. The van der Waals surface area contributed by atoms with Gasteiger partial charge >= 0.3 is 0 Å². The third-order valence-corrected chi connectivity index (χ3v) is 10.0. The van der Waals surface area contributed by atoms with Crippen LogP contribution < -0.4 is 0 Å². The summed E-state index contributed by atoms with van der Waals surface area (Å²) < 4.78 is 35.2. The zero-order valence-electron chi connectivity index (χ0n) is 24.4. The van der Waals surface area contributed by atoms with E-state index < -0.39 is 98.5 Å². The third-order valence-electron chi connectivity index (χ3n) is 10.0. The van der Waals surface area contributed by atoms with Crippen LogP contribution in [-0.2, 0) is 28.4 Å². The fraction of sp³-hybridized carbons (Fsp3) is 1.00. The van der Waals surface area contributed by atoms with Gasteiger partial charge in [-0.1, -0.05) is 0 Å². The Bertz CT molecular complexity index is 898. The SMILES string of the molecule is COC1CC(O)C2CC(O[C@@H]3O[C@H](CO[C@@H]4O[C@@H](C)[C@H](O)[C@@H](O)[C@H]4O)[C@H](O)[C@H](O)[C@H]3O)C(C3CCC(O)C(O)C3)OC2C1. The van der Waals surface area contributed by atoms with E-state index in [4.69, 9.17) is 28.4 Å². The molecule has 15 heteroatoms. The van der Waals surface area contributed by atoms with Crippen molar-refractivity contribution in [2.24, 2.45) is 11.8 Å². The van der Waals surface area contributed by atoms with Crippen molar-refractivity contribution in [2.75, 3.05) is 13.7 Å².